The number of hydrogen-bond acceptors (Lipinski definition) is 5. The maximum atomic E-state index is 5.48. The molecule has 0 saturated carbocycles. The van der Waals surface area contributed by atoms with Crippen molar-refractivity contribution < 1.29 is 4.52 Å². The van der Waals surface area contributed by atoms with Crippen LogP contribution in [-0.4, -0.2) is 28.1 Å². The Bertz CT molecular complexity index is 396. The molecule has 108 valence electrons. The maximum absolute atomic E-state index is 5.48. The quantitative estimate of drug-likeness (QED) is 0.908. The first-order valence-corrected chi connectivity index (χ1v) is 7.23. The highest BCUT2D eigenvalue weighted by Gasteiger charge is 2.27. The van der Waals surface area contributed by atoms with Crippen molar-refractivity contribution in [2.24, 2.45) is 17.1 Å². The van der Waals surface area contributed by atoms with Crippen molar-refractivity contribution in [2.75, 3.05) is 13.1 Å². The minimum absolute atomic E-state index is 0.319. The molecular weight excluding hydrogens is 240 g/mol. The SMILES string of the molecule is CC(C)(C)C1CCCN(Cc2noc(CN)n2)CC1. The standard InChI is InChI=1S/C14H26N4O/c1-14(2,3)11-5-4-7-18(8-6-11)10-12-16-13(9-15)19-17-12/h11H,4-10,15H2,1-3H3. The molecule has 19 heavy (non-hydrogen) atoms. The molecule has 5 heteroatoms. The minimum atomic E-state index is 0.319. The second kappa shape index (κ2) is 6.01. The molecule has 1 unspecified atom stereocenters. The number of nitrogens with zero attached hydrogens (tertiary/aromatic N) is 3. The monoisotopic (exact) mass is 266 g/mol. The molecule has 0 radical (unpaired) electrons. The lowest BCUT2D eigenvalue weighted by Crippen LogP contribution is -2.26. The Morgan fingerprint density at radius 2 is 2.11 bits per heavy atom. The zero-order chi connectivity index (χ0) is 13.9. The first-order chi connectivity index (χ1) is 8.99. The van der Waals surface area contributed by atoms with Crippen LogP contribution in [0.15, 0.2) is 4.52 Å². The van der Waals surface area contributed by atoms with E-state index in [1.165, 1.54) is 19.3 Å². The van der Waals surface area contributed by atoms with Crippen molar-refractivity contribution in [3.63, 3.8) is 0 Å². The zero-order valence-corrected chi connectivity index (χ0v) is 12.4. The van der Waals surface area contributed by atoms with E-state index in [1.807, 2.05) is 0 Å². The largest absolute Gasteiger partial charge is 0.338 e. The number of nitrogens with two attached hydrogens (primary N) is 1. The number of hydrogen-bond donors (Lipinski definition) is 1. The molecule has 5 nitrogen and oxygen atoms in total. The van der Waals surface area contributed by atoms with Crippen LogP contribution in [0.4, 0.5) is 0 Å². The first-order valence-electron chi connectivity index (χ1n) is 7.23. The number of aromatic nitrogens is 2. The average Bonchev–Trinajstić information content (AvgIpc) is 2.65. The van der Waals surface area contributed by atoms with Crippen LogP contribution in [0.3, 0.4) is 0 Å². The summed E-state index contributed by atoms with van der Waals surface area (Å²) in [5.41, 5.74) is 5.89. The highest BCUT2D eigenvalue weighted by molar-refractivity contribution is 4.87. The van der Waals surface area contributed by atoms with E-state index >= 15 is 0 Å². The van der Waals surface area contributed by atoms with Gasteiger partial charge in [0.1, 0.15) is 0 Å². The molecule has 1 aromatic heterocycles. The molecule has 0 aromatic carbocycles. The van der Waals surface area contributed by atoms with Gasteiger partial charge >= 0.3 is 0 Å². The molecular formula is C14H26N4O. The summed E-state index contributed by atoms with van der Waals surface area (Å²) < 4.78 is 5.05. The molecule has 1 aromatic rings. The van der Waals surface area contributed by atoms with E-state index in [1.54, 1.807) is 0 Å². The minimum Gasteiger partial charge on any atom is -0.338 e. The fourth-order valence-electron chi connectivity index (χ4n) is 2.82. The second-order valence-corrected chi connectivity index (χ2v) is 6.58. The summed E-state index contributed by atoms with van der Waals surface area (Å²) in [7, 11) is 0. The van der Waals surface area contributed by atoms with E-state index in [0.29, 0.717) is 17.9 Å². The van der Waals surface area contributed by atoms with Crippen LogP contribution in [0.2, 0.25) is 0 Å². The summed E-state index contributed by atoms with van der Waals surface area (Å²) in [6.45, 7) is 10.4. The van der Waals surface area contributed by atoms with E-state index in [4.69, 9.17) is 10.3 Å². The molecule has 1 saturated heterocycles. The lowest BCUT2D eigenvalue weighted by Gasteiger charge is -2.29. The van der Waals surface area contributed by atoms with Crippen molar-refractivity contribution in [2.45, 2.75) is 53.1 Å². The Hall–Kier alpha value is -0.940. The maximum Gasteiger partial charge on any atom is 0.240 e. The third-order valence-corrected chi connectivity index (χ3v) is 4.10. The normalized spacial score (nSPS) is 22.4. The average molecular weight is 266 g/mol. The van der Waals surface area contributed by atoms with Gasteiger partial charge < -0.3 is 10.3 Å². The highest BCUT2D eigenvalue weighted by atomic mass is 16.5. The second-order valence-electron chi connectivity index (χ2n) is 6.58. The van der Waals surface area contributed by atoms with Gasteiger partial charge in [0.2, 0.25) is 5.89 Å². The van der Waals surface area contributed by atoms with Gasteiger partial charge in [0.25, 0.3) is 0 Å². The fraction of sp³-hybridized carbons (Fsp3) is 0.857. The van der Waals surface area contributed by atoms with Gasteiger partial charge in [-0.2, -0.15) is 4.98 Å². The van der Waals surface area contributed by atoms with Crippen molar-refractivity contribution in [3.8, 4) is 0 Å². The van der Waals surface area contributed by atoms with Gasteiger partial charge in [-0.1, -0.05) is 25.9 Å². The van der Waals surface area contributed by atoms with Crippen LogP contribution < -0.4 is 5.73 Å². The number of likely N-dealkylation sites (tertiary alicyclic amines) is 1. The van der Waals surface area contributed by atoms with Crippen molar-refractivity contribution in [1.29, 1.82) is 0 Å². The first kappa shape index (κ1) is 14.5. The summed E-state index contributed by atoms with van der Waals surface area (Å²) >= 11 is 0. The van der Waals surface area contributed by atoms with E-state index in [-0.39, 0.29) is 0 Å². The molecule has 1 aliphatic heterocycles. The molecule has 1 aliphatic rings. The van der Waals surface area contributed by atoms with Crippen molar-refractivity contribution in [1.82, 2.24) is 15.0 Å². The molecule has 0 bridgehead atoms. The molecule has 2 N–H and O–H groups in total. The van der Waals surface area contributed by atoms with Crippen molar-refractivity contribution in [3.05, 3.63) is 11.7 Å². The van der Waals surface area contributed by atoms with E-state index in [0.717, 1.165) is 31.4 Å². The summed E-state index contributed by atoms with van der Waals surface area (Å²) in [6.07, 6.45) is 3.83. The Balaban J connectivity index is 1.89. The zero-order valence-electron chi connectivity index (χ0n) is 12.4. The van der Waals surface area contributed by atoms with Gasteiger partial charge in [-0.15, -0.1) is 0 Å². The van der Waals surface area contributed by atoms with E-state index in [2.05, 4.69) is 35.8 Å². The van der Waals surface area contributed by atoms with E-state index < -0.39 is 0 Å². The van der Waals surface area contributed by atoms with Crippen LogP contribution >= 0.6 is 0 Å². The summed E-state index contributed by atoms with van der Waals surface area (Å²) in [5, 5.41) is 3.97. The molecule has 1 fully saturated rings. The lowest BCUT2D eigenvalue weighted by atomic mass is 9.77. The van der Waals surface area contributed by atoms with Gasteiger partial charge in [-0.05, 0) is 43.7 Å². The smallest absolute Gasteiger partial charge is 0.240 e. The molecule has 0 spiro atoms. The van der Waals surface area contributed by atoms with Crippen LogP contribution in [0.1, 0.15) is 51.7 Å². The predicted molar refractivity (Wildman–Crippen MR) is 74.3 cm³/mol. The topological polar surface area (TPSA) is 68.2 Å². The van der Waals surface area contributed by atoms with Gasteiger partial charge in [0, 0.05) is 0 Å². The number of rotatable bonds is 3. The Labute approximate surface area is 115 Å². The Kier molecular flexibility index (Phi) is 4.58. The molecule has 0 amide bonds. The highest BCUT2D eigenvalue weighted by Crippen LogP contribution is 2.34. The van der Waals surface area contributed by atoms with Gasteiger partial charge in [-0.3, -0.25) is 4.90 Å². The van der Waals surface area contributed by atoms with Crippen LogP contribution in [0.5, 0.6) is 0 Å². The molecule has 2 rings (SSSR count). The molecule has 0 aliphatic carbocycles. The Morgan fingerprint density at radius 3 is 2.74 bits per heavy atom. The third kappa shape index (κ3) is 4.01. The van der Waals surface area contributed by atoms with Crippen LogP contribution in [0, 0.1) is 11.3 Å². The molecule has 1 atom stereocenters. The van der Waals surface area contributed by atoms with Gasteiger partial charge in [0.15, 0.2) is 5.82 Å². The summed E-state index contributed by atoms with van der Waals surface area (Å²) in [5.74, 6) is 2.09. The third-order valence-electron chi connectivity index (χ3n) is 4.10. The van der Waals surface area contributed by atoms with Crippen molar-refractivity contribution >= 4 is 0 Å². The summed E-state index contributed by atoms with van der Waals surface area (Å²) in [6, 6.07) is 0. The van der Waals surface area contributed by atoms with Crippen LogP contribution in [-0.2, 0) is 13.1 Å². The van der Waals surface area contributed by atoms with Gasteiger partial charge in [-0.25, -0.2) is 0 Å². The van der Waals surface area contributed by atoms with Gasteiger partial charge in [0.05, 0.1) is 13.1 Å². The van der Waals surface area contributed by atoms with E-state index in [9.17, 15) is 0 Å². The lowest BCUT2D eigenvalue weighted by molar-refractivity contribution is 0.205. The van der Waals surface area contributed by atoms with Crippen LogP contribution in [0.25, 0.3) is 0 Å². The predicted octanol–water partition coefficient (Wildman–Crippen LogP) is 2.18. The Morgan fingerprint density at radius 1 is 1.32 bits per heavy atom. The molecule has 2 heterocycles. The fourth-order valence-corrected chi connectivity index (χ4v) is 2.82. The summed E-state index contributed by atoms with van der Waals surface area (Å²) in [4.78, 5) is 6.70.